The van der Waals surface area contributed by atoms with Crippen molar-refractivity contribution in [3.8, 4) is 5.75 Å². The first-order chi connectivity index (χ1) is 17.0. The maximum Gasteiger partial charge on any atom is 0.387 e. The molecule has 0 amide bonds. The van der Waals surface area contributed by atoms with E-state index in [1.54, 1.807) is 18.2 Å². The number of carbonyl (C=O) groups is 1. The zero-order chi connectivity index (χ0) is 24.4. The SMILES string of the molecule is O=C(O)c1c2c(nc3ccccc13)C(=Cc1ccc(OC(F)F)cc1)CN(Cc1ccccc1)C2. The number of hydrogen-bond acceptors (Lipinski definition) is 4. The molecule has 7 heteroatoms. The molecule has 3 aromatic carbocycles. The van der Waals surface area contributed by atoms with Gasteiger partial charge in [-0.05, 0) is 41.0 Å². The average molecular weight is 472 g/mol. The number of pyridine rings is 1. The second kappa shape index (κ2) is 9.64. The molecule has 2 heterocycles. The molecule has 0 aliphatic carbocycles. The number of benzene rings is 3. The number of fused-ring (bicyclic) bond motifs is 2. The van der Waals surface area contributed by atoms with Crippen molar-refractivity contribution in [2.24, 2.45) is 0 Å². The maximum absolute atomic E-state index is 12.5. The number of halogens is 2. The highest BCUT2D eigenvalue weighted by Crippen LogP contribution is 2.35. The summed E-state index contributed by atoms with van der Waals surface area (Å²) < 4.78 is 29.5. The molecule has 0 atom stereocenters. The average Bonchev–Trinajstić information content (AvgIpc) is 2.84. The van der Waals surface area contributed by atoms with E-state index >= 15 is 0 Å². The fourth-order valence-corrected chi connectivity index (χ4v) is 4.52. The van der Waals surface area contributed by atoms with E-state index < -0.39 is 12.6 Å². The Morgan fingerprint density at radius 3 is 2.43 bits per heavy atom. The molecule has 1 N–H and O–H groups in total. The monoisotopic (exact) mass is 472 g/mol. The van der Waals surface area contributed by atoms with Crippen molar-refractivity contribution in [2.45, 2.75) is 19.7 Å². The van der Waals surface area contributed by atoms with Crippen molar-refractivity contribution in [3.63, 3.8) is 0 Å². The third-order valence-electron chi connectivity index (χ3n) is 5.98. The molecule has 0 saturated carbocycles. The molecule has 0 radical (unpaired) electrons. The summed E-state index contributed by atoms with van der Waals surface area (Å²) in [5.74, 6) is -0.913. The van der Waals surface area contributed by atoms with Gasteiger partial charge < -0.3 is 9.84 Å². The Hall–Kier alpha value is -4.10. The van der Waals surface area contributed by atoms with Crippen molar-refractivity contribution in [1.82, 2.24) is 9.88 Å². The van der Waals surface area contributed by atoms with Crippen LogP contribution in [0.1, 0.15) is 32.7 Å². The molecule has 1 aromatic heterocycles. The van der Waals surface area contributed by atoms with Gasteiger partial charge in [-0.2, -0.15) is 8.78 Å². The van der Waals surface area contributed by atoms with Crippen molar-refractivity contribution in [1.29, 1.82) is 0 Å². The lowest BCUT2D eigenvalue weighted by atomic mass is 9.91. The summed E-state index contributed by atoms with van der Waals surface area (Å²) >= 11 is 0. The van der Waals surface area contributed by atoms with E-state index in [1.807, 2.05) is 54.6 Å². The molecular weight excluding hydrogens is 450 g/mol. The summed E-state index contributed by atoms with van der Waals surface area (Å²) in [6.07, 6.45) is 1.93. The van der Waals surface area contributed by atoms with Gasteiger partial charge in [0.15, 0.2) is 0 Å². The van der Waals surface area contributed by atoms with Gasteiger partial charge >= 0.3 is 12.6 Å². The molecule has 0 fully saturated rings. The maximum atomic E-state index is 12.5. The number of nitrogens with zero attached hydrogens (tertiary/aromatic N) is 2. The summed E-state index contributed by atoms with van der Waals surface area (Å²) in [6, 6.07) is 23.6. The predicted molar refractivity (Wildman–Crippen MR) is 130 cm³/mol. The van der Waals surface area contributed by atoms with E-state index in [0.717, 1.165) is 16.7 Å². The zero-order valence-electron chi connectivity index (χ0n) is 18.7. The minimum atomic E-state index is -2.89. The first-order valence-corrected chi connectivity index (χ1v) is 11.1. The van der Waals surface area contributed by atoms with Crippen LogP contribution in [0.2, 0.25) is 0 Å². The Morgan fingerprint density at radius 2 is 1.71 bits per heavy atom. The number of carboxylic acid groups (broad SMARTS) is 1. The Kier molecular flexibility index (Phi) is 6.25. The van der Waals surface area contributed by atoms with Crippen LogP contribution in [-0.4, -0.2) is 34.1 Å². The van der Waals surface area contributed by atoms with Crippen LogP contribution in [-0.2, 0) is 13.1 Å². The number of carboxylic acids is 1. The van der Waals surface area contributed by atoms with E-state index in [1.165, 1.54) is 12.1 Å². The lowest BCUT2D eigenvalue weighted by molar-refractivity contribution is -0.0498. The van der Waals surface area contributed by atoms with Crippen molar-refractivity contribution in [2.75, 3.05) is 6.54 Å². The van der Waals surface area contributed by atoms with Gasteiger partial charge in [-0.3, -0.25) is 4.90 Å². The zero-order valence-corrected chi connectivity index (χ0v) is 18.7. The van der Waals surface area contributed by atoms with Gasteiger partial charge in [0.05, 0.1) is 16.8 Å². The largest absolute Gasteiger partial charge is 0.478 e. The second-order valence-electron chi connectivity index (χ2n) is 8.38. The highest BCUT2D eigenvalue weighted by molar-refractivity contribution is 6.06. The summed E-state index contributed by atoms with van der Waals surface area (Å²) in [5, 5.41) is 10.8. The summed E-state index contributed by atoms with van der Waals surface area (Å²) in [5.41, 5.74) is 4.95. The Bertz CT molecular complexity index is 1400. The molecule has 35 heavy (non-hydrogen) atoms. The van der Waals surface area contributed by atoms with Crippen LogP contribution in [0, 0.1) is 0 Å². The fourth-order valence-electron chi connectivity index (χ4n) is 4.52. The number of aromatic nitrogens is 1. The molecule has 0 saturated heterocycles. The summed E-state index contributed by atoms with van der Waals surface area (Å²) in [4.78, 5) is 19.4. The van der Waals surface area contributed by atoms with E-state index in [4.69, 9.17) is 4.98 Å². The smallest absolute Gasteiger partial charge is 0.387 e. The predicted octanol–water partition coefficient (Wildman–Crippen LogP) is 6.09. The van der Waals surface area contributed by atoms with Crippen LogP contribution in [0.3, 0.4) is 0 Å². The van der Waals surface area contributed by atoms with Gasteiger partial charge in [-0.25, -0.2) is 9.78 Å². The van der Waals surface area contributed by atoms with Crippen molar-refractivity contribution in [3.05, 3.63) is 107 Å². The van der Waals surface area contributed by atoms with Gasteiger partial charge in [0.1, 0.15) is 5.75 Å². The van der Waals surface area contributed by atoms with Gasteiger partial charge in [0.2, 0.25) is 0 Å². The minimum absolute atomic E-state index is 0.0779. The summed E-state index contributed by atoms with van der Waals surface area (Å²) in [6.45, 7) is -1.24. The van der Waals surface area contributed by atoms with Crippen LogP contribution in [0.5, 0.6) is 5.75 Å². The molecule has 5 nitrogen and oxygen atoms in total. The lowest BCUT2D eigenvalue weighted by Crippen LogP contribution is -2.31. The number of rotatable bonds is 6. The highest BCUT2D eigenvalue weighted by atomic mass is 19.3. The highest BCUT2D eigenvalue weighted by Gasteiger charge is 2.28. The molecule has 0 spiro atoms. The number of alkyl halides is 2. The number of hydrogen-bond donors (Lipinski definition) is 1. The quantitative estimate of drug-likeness (QED) is 0.368. The van der Waals surface area contributed by atoms with E-state index in [0.29, 0.717) is 41.8 Å². The lowest BCUT2D eigenvalue weighted by Gasteiger charge is -2.31. The molecule has 4 aromatic rings. The molecular formula is C28H22F2N2O3. The first-order valence-electron chi connectivity index (χ1n) is 11.1. The molecule has 5 rings (SSSR count). The topological polar surface area (TPSA) is 62.7 Å². The molecule has 1 aliphatic rings. The molecule has 0 unspecified atom stereocenters. The number of ether oxygens (including phenoxy) is 1. The van der Waals surface area contributed by atoms with Crippen LogP contribution in [0.4, 0.5) is 8.78 Å². The molecule has 176 valence electrons. The second-order valence-corrected chi connectivity index (χ2v) is 8.38. The Labute approximate surface area is 200 Å². The molecule has 0 bridgehead atoms. The minimum Gasteiger partial charge on any atom is -0.478 e. The van der Waals surface area contributed by atoms with Gasteiger partial charge in [-0.1, -0.05) is 60.7 Å². The number of para-hydroxylation sites is 1. The van der Waals surface area contributed by atoms with Gasteiger partial charge in [0, 0.05) is 30.6 Å². The van der Waals surface area contributed by atoms with Crippen LogP contribution < -0.4 is 4.74 Å². The third kappa shape index (κ3) is 4.90. The van der Waals surface area contributed by atoms with Crippen LogP contribution in [0.25, 0.3) is 22.6 Å². The van der Waals surface area contributed by atoms with E-state index in [2.05, 4.69) is 9.64 Å². The normalized spacial score (nSPS) is 14.9. The van der Waals surface area contributed by atoms with Crippen LogP contribution >= 0.6 is 0 Å². The molecule has 1 aliphatic heterocycles. The first kappa shape index (κ1) is 22.7. The van der Waals surface area contributed by atoms with Gasteiger partial charge in [0.25, 0.3) is 0 Å². The van der Waals surface area contributed by atoms with Gasteiger partial charge in [-0.15, -0.1) is 0 Å². The Balaban J connectivity index is 1.62. The number of aromatic carboxylic acids is 1. The van der Waals surface area contributed by atoms with Crippen molar-refractivity contribution < 1.29 is 23.4 Å². The standard InChI is InChI=1S/C28H22F2N2O3/c29-28(30)35-21-12-10-18(11-13-21)14-20-16-32(15-19-6-2-1-3-7-19)17-23-25(27(33)34)22-8-4-5-9-24(22)31-26(20)23/h1-14,28H,15-17H2,(H,33,34). The van der Waals surface area contributed by atoms with E-state index in [9.17, 15) is 18.7 Å². The Morgan fingerprint density at radius 1 is 1.00 bits per heavy atom. The van der Waals surface area contributed by atoms with E-state index in [-0.39, 0.29) is 11.3 Å². The fraction of sp³-hybridized carbons (Fsp3) is 0.143. The third-order valence-corrected chi connectivity index (χ3v) is 5.98. The summed E-state index contributed by atoms with van der Waals surface area (Å²) in [7, 11) is 0. The van der Waals surface area contributed by atoms with Crippen molar-refractivity contribution >= 4 is 28.5 Å². The van der Waals surface area contributed by atoms with Crippen LogP contribution in [0.15, 0.2) is 78.9 Å².